The van der Waals surface area contributed by atoms with Gasteiger partial charge in [0.05, 0.1) is 5.52 Å². The number of hydrogen-bond acceptors (Lipinski definition) is 4. The Morgan fingerprint density at radius 1 is 1.23 bits per heavy atom. The Morgan fingerprint density at radius 2 is 1.95 bits per heavy atom. The van der Waals surface area contributed by atoms with E-state index in [1.54, 1.807) is 12.1 Å². The molecule has 0 amide bonds. The Bertz CT molecular complexity index is 641. The predicted octanol–water partition coefficient (Wildman–Crippen LogP) is 2.98. The number of benzene rings is 1. The topological polar surface area (TPSA) is 67.3 Å². The van der Waals surface area contributed by atoms with Gasteiger partial charge in [0.15, 0.2) is 5.82 Å². The molecule has 2 aromatic rings. The highest BCUT2D eigenvalue weighted by Crippen LogP contribution is 2.26. The molecule has 1 fully saturated rings. The van der Waals surface area contributed by atoms with Gasteiger partial charge in [-0.3, -0.25) is 9.58 Å². The lowest BCUT2D eigenvalue weighted by Gasteiger charge is -2.39. The van der Waals surface area contributed by atoms with Gasteiger partial charge >= 0.3 is 0 Å². The molecule has 1 aromatic heterocycles. The molecular weight excluding hydrogens is 276 g/mol. The minimum absolute atomic E-state index is 0.231. The number of phenolic OH excluding ortho intramolecular Hbond substituents is 1. The van der Waals surface area contributed by atoms with Gasteiger partial charge < -0.3 is 10.8 Å². The third-order valence-electron chi connectivity index (χ3n) is 4.92. The second kappa shape index (κ2) is 6.16. The summed E-state index contributed by atoms with van der Waals surface area (Å²) in [4.78, 5) is 2.62. The van der Waals surface area contributed by atoms with E-state index in [1.807, 2.05) is 10.7 Å². The van der Waals surface area contributed by atoms with E-state index >= 15 is 0 Å². The highest BCUT2D eigenvalue weighted by Gasteiger charge is 2.23. The van der Waals surface area contributed by atoms with Crippen LogP contribution in [-0.4, -0.2) is 38.4 Å². The monoisotopic (exact) mass is 302 g/mol. The molecule has 3 N–H and O–H groups in total. The number of nitrogen functional groups attached to an aromatic ring is 1. The zero-order valence-electron chi connectivity index (χ0n) is 13.5. The van der Waals surface area contributed by atoms with Crippen LogP contribution in [0.3, 0.4) is 0 Å². The van der Waals surface area contributed by atoms with Crippen LogP contribution in [0.4, 0.5) is 5.82 Å². The van der Waals surface area contributed by atoms with Gasteiger partial charge in [0, 0.05) is 30.6 Å². The number of nitrogens with zero attached hydrogens (tertiary/aromatic N) is 3. The first kappa shape index (κ1) is 15.2. The Balaban J connectivity index is 1.67. The van der Waals surface area contributed by atoms with Crippen molar-refractivity contribution >= 4 is 16.7 Å². The van der Waals surface area contributed by atoms with Crippen molar-refractivity contribution < 1.29 is 5.11 Å². The van der Waals surface area contributed by atoms with Gasteiger partial charge in [-0.1, -0.05) is 6.42 Å². The number of anilines is 1. The van der Waals surface area contributed by atoms with Crippen molar-refractivity contribution in [1.82, 2.24) is 14.7 Å². The van der Waals surface area contributed by atoms with Gasteiger partial charge in [-0.15, -0.1) is 0 Å². The lowest BCUT2D eigenvalue weighted by atomic mass is 9.97. The van der Waals surface area contributed by atoms with Crippen LogP contribution in [0.2, 0.25) is 0 Å². The maximum Gasteiger partial charge on any atom is 0.153 e. The molecule has 0 bridgehead atoms. The molecule has 1 aliphatic rings. The molecule has 1 saturated heterocycles. The van der Waals surface area contributed by atoms with Crippen molar-refractivity contribution in [2.45, 2.75) is 58.2 Å². The summed E-state index contributed by atoms with van der Waals surface area (Å²) in [5.74, 6) is 0.723. The maximum atomic E-state index is 9.57. The zero-order valence-corrected chi connectivity index (χ0v) is 13.5. The number of fused-ring (bicyclic) bond motifs is 1. The fourth-order valence-electron chi connectivity index (χ4n) is 3.68. The first-order valence-electron chi connectivity index (χ1n) is 8.27. The Hall–Kier alpha value is -1.75. The van der Waals surface area contributed by atoms with Crippen molar-refractivity contribution in [3.8, 4) is 5.75 Å². The molecule has 0 spiro atoms. The van der Waals surface area contributed by atoms with E-state index in [-0.39, 0.29) is 5.75 Å². The number of nitrogens with two attached hydrogens (primary N) is 1. The summed E-state index contributed by atoms with van der Waals surface area (Å²) in [6.07, 6.45) is 5.02. The summed E-state index contributed by atoms with van der Waals surface area (Å²) in [5.41, 5.74) is 6.95. The number of phenols is 1. The highest BCUT2D eigenvalue weighted by molar-refractivity contribution is 5.90. The summed E-state index contributed by atoms with van der Waals surface area (Å²) in [5, 5.41) is 14.8. The summed E-state index contributed by atoms with van der Waals surface area (Å²) in [6, 6.07) is 6.62. The predicted molar refractivity (Wildman–Crippen MR) is 89.9 cm³/mol. The highest BCUT2D eigenvalue weighted by atomic mass is 16.3. The van der Waals surface area contributed by atoms with Gasteiger partial charge in [0.25, 0.3) is 0 Å². The average Bonchev–Trinajstić information content (AvgIpc) is 2.78. The zero-order chi connectivity index (χ0) is 15.7. The minimum atomic E-state index is 0.231. The number of aromatic hydroxyl groups is 1. The van der Waals surface area contributed by atoms with E-state index in [9.17, 15) is 5.11 Å². The average molecular weight is 302 g/mol. The largest absolute Gasteiger partial charge is 0.508 e. The second-order valence-electron chi connectivity index (χ2n) is 6.53. The molecule has 5 heteroatoms. The molecule has 120 valence electrons. The van der Waals surface area contributed by atoms with Crippen LogP contribution in [0.1, 0.15) is 39.5 Å². The number of hydrogen-bond donors (Lipinski definition) is 2. The fraction of sp³-hybridized carbons (Fsp3) is 0.588. The van der Waals surface area contributed by atoms with Crippen molar-refractivity contribution in [3.05, 3.63) is 18.2 Å². The van der Waals surface area contributed by atoms with Crippen LogP contribution < -0.4 is 5.73 Å². The van der Waals surface area contributed by atoms with Crippen LogP contribution in [0.25, 0.3) is 10.9 Å². The van der Waals surface area contributed by atoms with Gasteiger partial charge in [-0.05, 0) is 51.3 Å². The summed E-state index contributed by atoms with van der Waals surface area (Å²) in [6.45, 7) is 6.62. The molecule has 2 unspecified atom stereocenters. The normalized spacial score (nSPS) is 23.2. The fourth-order valence-corrected chi connectivity index (χ4v) is 3.68. The van der Waals surface area contributed by atoms with E-state index in [0.717, 1.165) is 30.4 Å². The molecular formula is C17H26N4O. The van der Waals surface area contributed by atoms with Crippen LogP contribution >= 0.6 is 0 Å². The van der Waals surface area contributed by atoms with Crippen LogP contribution in [0, 0.1) is 0 Å². The molecule has 1 aliphatic heterocycles. The number of piperidine rings is 1. The summed E-state index contributed by atoms with van der Waals surface area (Å²) in [7, 11) is 0. The van der Waals surface area contributed by atoms with E-state index in [1.165, 1.54) is 19.3 Å². The Labute approximate surface area is 131 Å². The number of aryl methyl sites for hydroxylation is 1. The minimum Gasteiger partial charge on any atom is -0.508 e. The van der Waals surface area contributed by atoms with Crippen molar-refractivity contribution in [1.29, 1.82) is 0 Å². The van der Waals surface area contributed by atoms with E-state index in [2.05, 4.69) is 23.8 Å². The molecule has 1 aromatic carbocycles. The van der Waals surface area contributed by atoms with Crippen LogP contribution in [0.5, 0.6) is 5.75 Å². The molecule has 0 radical (unpaired) electrons. The van der Waals surface area contributed by atoms with E-state index in [0.29, 0.717) is 17.9 Å². The molecule has 5 nitrogen and oxygen atoms in total. The maximum absolute atomic E-state index is 9.57. The second-order valence-corrected chi connectivity index (χ2v) is 6.53. The van der Waals surface area contributed by atoms with E-state index in [4.69, 9.17) is 5.73 Å². The third-order valence-corrected chi connectivity index (χ3v) is 4.92. The van der Waals surface area contributed by atoms with Gasteiger partial charge in [0.2, 0.25) is 0 Å². The van der Waals surface area contributed by atoms with E-state index < -0.39 is 0 Å². The number of rotatable bonds is 4. The molecule has 2 atom stereocenters. The smallest absolute Gasteiger partial charge is 0.153 e. The standard InChI is InChI=1S/C17H26N4O/c1-12-5-3-6-13(2)20(12)9-4-10-21-16-8-7-14(22)11-15(16)17(18)19-21/h7-8,11-13,22H,3-6,9-10H2,1-2H3,(H2,18,19). The molecule has 0 saturated carbocycles. The lowest BCUT2D eigenvalue weighted by Crippen LogP contribution is -2.44. The lowest BCUT2D eigenvalue weighted by molar-refractivity contribution is 0.100. The SMILES string of the molecule is CC1CCCC(C)N1CCCn1nc(N)c2cc(O)ccc21. The summed E-state index contributed by atoms with van der Waals surface area (Å²) < 4.78 is 1.96. The molecule has 0 aliphatic carbocycles. The summed E-state index contributed by atoms with van der Waals surface area (Å²) >= 11 is 0. The Morgan fingerprint density at radius 3 is 2.68 bits per heavy atom. The Kier molecular flexibility index (Phi) is 4.25. The van der Waals surface area contributed by atoms with Gasteiger partial charge in [0.1, 0.15) is 5.75 Å². The molecule has 2 heterocycles. The first-order chi connectivity index (χ1) is 10.6. The van der Waals surface area contributed by atoms with Crippen molar-refractivity contribution in [3.63, 3.8) is 0 Å². The number of likely N-dealkylation sites (tertiary alicyclic amines) is 1. The van der Waals surface area contributed by atoms with Crippen molar-refractivity contribution in [2.24, 2.45) is 0 Å². The van der Waals surface area contributed by atoms with Crippen LogP contribution in [0.15, 0.2) is 18.2 Å². The first-order valence-corrected chi connectivity index (χ1v) is 8.27. The molecule has 3 rings (SSSR count). The molecule has 22 heavy (non-hydrogen) atoms. The van der Waals surface area contributed by atoms with Gasteiger partial charge in [-0.2, -0.15) is 5.10 Å². The van der Waals surface area contributed by atoms with Crippen molar-refractivity contribution in [2.75, 3.05) is 12.3 Å². The van der Waals surface area contributed by atoms with Crippen LogP contribution in [-0.2, 0) is 6.54 Å². The quantitative estimate of drug-likeness (QED) is 0.911. The van der Waals surface area contributed by atoms with Gasteiger partial charge in [-0.25, -0.2) is 0 Å². The third kappa shape index (κ3) is 2.90. The number of aromatic nitrogens is 2.